The number of methoxy groups -OCH3 is 1. The molecule has 0 fully saturated rings. The molecule has 0 saturated heterocycles. The fourth-order valence-electron chi connectivity index (χ4n) is 0.199. The molecule has 42 valence electrons. The van der Waals surface area contributed by atoms with Crippen LogP contribution in [0.4, 0.5) is 0 Å². The van der Waals surface area contributed by atoms with Gasteiger partial charge < -0.3 is 16.1 Å². The van der Waals surface area contributed by atoms with Gasteiger partial charge in [-0.2, -0.15) is 0 Å². The van der Waals surface area contributed by atoms with Crippen molar-refractivity contribution in [1.29, 1.82) is 0 Å². The molecular formula is C5H9LiO2. The van der Waals surface area contributed by atoms with E-state index in [1.54, 1.807) is 7.11 Å². The summed E-state index contributed by atoms with van der Waals surface area (Å²) in [5, 5.41) is 0. The van der Waals surface area contributed by atoms with E-state index < -0.39 is 0 Å². The zero-order valence-corrected chi connectivity index (χ0v) is 5.39. The summed E-state index contributed by atoms with van der Waals surface area (Å²) in [4.78, 5) is 0. The molecule has 8 heavy (non-hydrogen) atoms. The largest absolute Gasteiger partial charge is 1.00 e. The zero-order chi connectivity index (χ0) is 5.54. The van der Waals surface area contributed by atoms with Crippen LogP contribution in [0.3, 0.4) is 0 Å². The van der Waals surface area contributed by atoms with Crippen LogP contribution in [-0.2, 0) is 9.47 Å². The standard InChI is InChI=1S/C5H9O2.Li/c1-3-4-7-5-6-2;/h1,3H,4-5H2,2H3;/q-1;+1. The minimum Gasteiger partial charge on any atom is -0.516 e. The zero-order valence-electron chi connectivity index (χ0n) is 5.39. The molecule has 0 aromatic rings. The number of hydrogen-bond acceptors (Lipinski definition) is 2. The Kier molecular flexibility index (Phi) is 14.3. The van der Waals surface area contributed by atoms with Crippen LogP contribution >= 0.6 is 0 Å². The third-order valence-corrected chi connectivity index (χ3v) is 0.415. The van der Waals surface area contributed by atoms with Crippen molar-refractivity contribution in [3.05, 3.63) is 12.7 Å². The number of rotatable bonds is 4. The van der Waals surface area contributed by atoms with E-state index in [9.17, 15) is 0 Å². The summed E-state index contributed by atoms with van der Waals surface area (Å²) in [7, 11) is 1.57. The van der Waals surface area contributed by atoms with Gasteiger partial charge in [0.1, 0.15) is 6.79 Å². The van der Waals surface area contributed by atoms with Crippen LogP contribution in [0.25, 0.3) is 0 Å². The molecule has 0 unspecified atom stereocenters. The first-order chi connectivity index (χ1) is 3.41. The van der Waals surface area contributed by atoms with E-state index in [-0.39, 0.29) is 18.9 Å². The number of hydrogen-bond donors (Lipinski definition) is 0. The topological polar surface area (TPSA) is 18.5 Å². The van der Waals surface area contributed by atoms with Crippen LogP contribution in [0.15, 0.2) is 6.08 Å². The van der Waals surface area contributed by atoms with Crippen molar-refractivity contribution >= 4 is 0 Å². The Balaban J connectivity index is 0. The van der Waals surface area contributed by atoms with E-state index in [0.717, 1.165) is 0 Å². The average molecular weight is 108 g/mol. The molecule has 0 N–H and O–H groups in total. The second kappa shape index (κ2) is 10.3. The van der Waals surface area contributed by atoms with E-state index in [2.05, 4.69) is 4.74 Å². The monoisotopic (exact) mass is 108 g/mol. The van der Waals surface area contributed by atoms with Crippen LogP contribution in [0.1, 0.15) is 0 Å². The van der Waals surface area contributed by atoms with Crippen LogP contribution in [-0.4, -0.2) is 20.5 Å². The molecule has 0 radical (unpaired) electrons. The first kappa shape index (κ1) is 11.1. The predicted octanol–water partition coefficient (Wildman–Crippen LogP) is -2.40. The fraction of sp³-hybridized carbons (Fsp3) is 0.600. The van der Waals surface area contributed by atoms with Crippen molar-refractivity contribution in [2.45, 2.75) is 0 Å². The molecule has 0 aliphatic rings. The van der Waals surface area contributed by atoms with Gasteiger partial charge >= 0.3 is 18.9 Å². The molecule has 0 aliphatic heterocycles. The predicted molar refractivity (Wildman–Crippen MR) is 26.7 cm³/mol. The summed E-state index contributed by atoms with van der Waals surface area (Å²) in [6.45, 7) is 5.73. The van der Waals surface area contributed by atoms with Crippen molar-refractivity contribution in [1.82, 2.24) is 0 Å². The van der Waals surface area contributed by atoms with Gasteiger partial charge in [-0.1, -0.05) is 0 Å². The summed E-state index contributed by atoms with van der Waals surface area (Å²) >= 11 is 0. The van der Waals surface area contributed by atoms with E-state index in [1.165, 1.54) is 6.08 Å². The molecule has 0 aromatic carbocycles. The van der Waals surface area contributed by atoms with Crippen molar-refractivity contribution in [3.63, 3.8) is 0 Å². The normalized spacial score (nSPS) is 7.62. The molecule has 0 heterocycles. The summed E-state index contributed by atoms with van der Waals surface area (Å²) < 4.78 is 9.28. The first-order valence-electron chi connectivity index (χ1n) is 2.02. The molecule has 0 spiro atoms. The maximum atomic E-state index is 4.96. The maximum Gasteiger partial charge on any atom is 1.00 e. The quantitative estimate of drug-likeness (QED) is 0.173. The molecule has 0 aliphatic carbocycles. The van der Waals surface area contributed by atoms with Crippen molar-refractivity contribution in [2.75, 3.05) is 20.5 Å². The Morgan fingerprint density at radius 1 is 1.62 bits per heavy atom. The second-order valence-electron chi connectivity index (χ2n) is 1.01. The molecule has 2 nitrogen and oxygen atoms in total. The van der Waals surface area contributed by atoms with Gasteiger partial charge in [-0.25, -0.2) is 6.08 Å². The Bertz CT molecular complexity index is 47.7. The summed E-state index contributed by atoms with van der Waals surface area (Å²) in [5.74, 6) is 0. The van der Waals surface area contributed by atoms with Crippen LogP contribution in [0.2, 0.25) is 0 Å². The molecule has 0 saturated carbocycles. The van der Waals surface area contributed by atoms with E-state index in [0.29, 0.717) is 13.4 Å². The van der Waals surface area contributed by atoms with Gasteiger partial charge in [-0.15, -0.1) is 0 Å². The Morgan fingerprint density at radius 3 is 2.62 bits per heavy atom. The van der Waals surface area contributed by atoms with Gasteiger partial charge in [0, 0.05) is 13.7 Å². The molecule has 0 atom stereocenters. The van der Waals surface area contributed by atoms with Gasteiger partial charge in [-0.3, -0.25) is 0 Å². The second-order valence-corrected chi connectivity index (χ2v) is 1.01. The minimum atomic E-state index is 0. The first-order valence-corrected chi connectivity index (χ1v) is 2.02. The van der Waals surface area contributed by atoms with Crippen molar-refractivity contribution in [2.24, 2.45) is 0 Å². The van der Waals surface area contributed by atoms with Gasteiger partial charge in [0.05, 0.1) is 0 Å². The molecular weight excluding hydrogens is 99.0 g/mol. The molecule has 0 amide bonds. The Morgan fingerprint density at radius 2 is 2.25 bits per heavy atom. The summed E-state index contributed by atoms with van der Waals surface area (Å²) in [6, 6.07) is 0. The van der Waals surface area contributed by atoms with E-state index in [1.807, 2.05) is 0 Å². The Labute approximate surface area is 62.0 Å². The molecule has 0 bridgehead atoms. The maximum absolute atomic E-state index is 4.96. The smallest absolute Gasteiger partial charge is 0.516 e. The molecule has 3 heteroatoms. The van der Waals surface area contributed by atoms with Crippen LogP contribution < -0.4 is 18.9 Å². The minimum absolute atomic E-state index is 0. The van der Waals surface area contributed by atoms with Crippen molar-refractivity contribution in [3.8, 4) is 0 Å². The fourth-order valence-corrected chi connectivity index (χ4v) is 0.199. The third-order valence-electron chi connectivity index (χ3n) is 0.415. The van der Waals surface area contributed by atoms with Crippen molar-refractivity contribution < 1.29 is 28.3 Å². The van der Waals surface area contributed by atoms with Gasteiger partial charge in [-0.05, 0) is 0 Å². The molecule has 0 rings (SSSR count). The molecule has 0 aromatic heterocycles. The SMILES string of the molecule is [CH-]=CCOCOC.[Li+]. The van der Waals surface area contributed by atoms with Gasteiger partial charge in [0.25, 0.3) is 0 Å². The third kappa shape index (κ3) is 9.54. The van der Waals surface area contributed by atoms with Gasteiger partial charge in [0.2, 0.25) is 0 Å². The Hall–Kier alpha value is 0.257. The average Bonchev–Trinajstić information content (AvgIpc) is 1.69. The summed E-state index contributed by atoms with van der Waals surface area (Å²) in [5.41, 5.74) is 0. The van der Waals surface area contributed by atoms with Crippen LogP contribution in [0.5, 0.6) is 0 Å². The van der Waals surface area contributed by atoms with E-state index in [4.69, 9.17) is 11.3 Å². The van der Waals surface area contributed by atoms with Crippen LogP contribution in [0, 0.1) is 6.58 Å². The summed E-state index contributed by atoms with van der Waals surface area (Å²) in [6.07, 6.45) is 1.43. The number of ether oxygens (including phenoxy) is 2. The van der Waals surface area contributed by atoms with E-state index >= 15 is 0 Å². The van der Waals surface area contributed by atoms with Gasteiger partial charge in [0.15, 0.2) is 0 Å².